The van der Waals surface area contributed by atoms with Crippen molar-refractivity contribution in [3.63, 3.8) is 0 Å². The molecule has 0 fully saturated rings. The molecule has 3 nitrogen and oxygen atoms in total. The van der Waals surface area contributed by atoms with Crippen LogP contribution in [0.15, 0.2) is 0 Å². The maximum absolute atomic E-state index is 6.15. The van der Waals surface area contributed by atoms with Gasteiger partial charge in [0.1, 0.15) is 11.0 Å². The number of hydrogen-bond acceptors (Lipinski definition) is 3. The first-order chi connectivity index (χ1) is 7.75. The summed E-state index contributed by atoms with van der Waals surface area (Å²) in [6.07, 6.45) is 0.773. The molecule has 1 rings (SSSR count). The fraction of sp³-hybridized carbons (Fsp3) is 0.667. The van der Waals surface area contributed by atoms with Crippen LogP contribution < -0.4 is 0 Å². The van der Waals surface area contributed by atoms with Crippen molar-refractivity contribution < 1.29 is 4.74 Å². The summed E-state index contributed by atoms with van der Waals surface area (Å²) in [5.74, 6) is 0.745. The van der Waals surface area contributed by atoms with E-state index in [1.54, 1.807) is 7.11 Å². The molecule has 0 aliphatic rings. The Labute approximate surface area is 121 Å². The molecule has 0 saturated heterocycles. The first-order valence-corrected chi connectivity index (χ1v) is 6.96. The summed E-state index contributed by atoms with van der Waals surface area (Å²) in [6, 6.07) is 0. The maximum Gasteiger partial charge on any atom is 0.146 e. The van der Waals surface area contributed by atoms with Gasteiger partial charge in [0, 0.05) is 18.9 Å². The zero-order valence-corrected chi connectivity index (χ0v) is 13.8. The van der Waals surface area contributed by atoms with Crippen LogP contribution in [-0.4, -0.2) is 23.2 Å². The number of rotatable bonds is 3. The lowest BCUT2D eigenvalue weighted by Gasteiger charge is -2.21. The Bertz CT molecular complexity index is 404. The highest BCUT2D eigenvalue weighted by Gasteiger charge is 2.22. The van der Waals surface area contributed by atoms with E-state index in [2.05, 4.69) is 53.3 Å². The van der Waals surface area contributed by atoms with Gasteiger partial charge in [-0.05, 0) is 29.5 Å². The molecule has 0 aromatic carbocycles. The number of methoxy groups -OCH3 is 1. The lowest BCUT2D eigenvalue weighted by Crippen LogP contribution is -2.20. The molecule has 1 heterocycles. The van der Waals surface area contributed by atoms with Crippen LogP contribution in [0.2, 0.25) is 5.15 Å². The summed E-state index contributed by atoms with van der Waals surface area (Å²) in [6.45, 7) is 8.36. The number of hydrogen-bond donors (Lipinski definition) is 0. The second-order valence-corrected chi connectivity index (χ2v) is 6.53. The molecule has 96 valence electrons. The van der Waals surface area contributed by atoms with Crippen LogP contribution in [0.5, 0.6) is 0 Å². The Morgan fingerprint density at radius 2 is 1.94 bits per heavy atom. The lowest BCUT2D eigenvalue weighted by molar-refractivity contribution is 0.117. The summed E-state index contributed by atoms with van der Waals surface area (Å²) in [7, 11) is 1.68. The van der Waals surface area contributed by atoms with Crippen LogP contribution in [0.1, 0.15) is 39.2 Å². The van der Waals surface area contributed by atoms with Crippen molar-refractivity contribution in [3.05, 3.63) is 20.2 Å². The molecule has 1 aromatic heterocycles. The minimum absolute atomic E-state index is 0.0336. The summed E-state index contributed by atoms with van der Waals surface area (Å²) in [5.41, 5.74) is 0.963. The van der Waals surface area contributed by atoms with Crippen molar-refractivity contribution in [2.75, 3.05) is 7.11 Å². The summed E-state index contributed by atoms with van der Waals surface area (Å²) >= 11 is 8.35. The Morgan fingerprint density at radius 3 is 2.41 bits per heavy atom. The van der Waals surface area contributed by atoms with Gasteiger partial charge in [-0.2, -0.15) is 0 Å². The molecule has 0 bridgehead atoms. The van der Waals surface area contributed by atoms with E-state index in [9.17, 15) is 0 Å². The second-order valence-electron chi connectivity index (χ2n) is 5.09. The van der Waals surface area contributed by atoms with Gasteiger partial charge in [-0.15, -0.1) is 0 Å². The smallest absolute Gasteiger partial charge is 0.146 e. The van der Waals surface area contributed by atoms with Crippen LogP contribution in [0, 0.1) is 3.57 Å². The predicted octanol–water partition coefficient (Wildman–Crippen LogP) is 3.61. The third-order valence-corrected chi connectivity index (χ3v) is 4.05. The van der Waals surface area contributed by atoms with E-state index < -0.39 is 0 Å². The molecule has 0 aliphatic heterocycles. The van der Waals surface area contributed by atoms with E-state index in [0.717, 1.165) is 15.1 Å². The van der Waals surface area contributed by atoms with Crippen molar-refractivity contribution in [2.24, 2.45) is 0 Å². The molecular formula is C12H18ClIN2O. The van der Waals surface area contributed by atoms with Gasteiger partial charge in [0.25, 0.3) is 0 Å². The van der Waals surface area contributed by atoms with Gasteiger partial charge >= 0.3 is 0 Å². The SMILES string of the molecule is COC(C)Cc1nc(Cl)c(I)c(C(C)(C)C)n1. The molecule has 0 spiro atoms. The fourth-order valence-electron chi connectivity index (χ4n) is 1.39. The third kappa shape index (κ3) is 4.03. The van der Waals surface area contributed by atoms with E-state index in [1.807, 2.05) is 6.92 Å². The molecule has 0 radical (unpaired) electrons. The van der Waals surface area contributed by atoms with Crippen molar-refractivity contribution in [2.45, 2.75) is 45.6 Å². The highest BCUT2D eigenvalue weighted by molar-refractivity contribution is 14.1. The van der Waals surface area contributed by atoms with Gasteiger partial charge in [-0.1, -0.05) is 32.4 Å². The molecule has 0 saturated carbocycles. The average Bonchev–Trinajstić information content (AvgIpc) is 2.21. The van der Waals surface area contributed by atoms with Gasteiger partial charge in [0.05, 0.1) is 15.4 Å². The van der Waals surface area contributed by atoms with E-state index in [4.69, 9.17) is 16.3 Å². The summed E-state index contributed by atoms with van der Waals surface area (Å²) in [4.78, 5) is 8.91. The monoisotopic (exact) mass is 368 g/mol. The second kappa shape index (κ2) is 5.80. The zero-order valence-electron chi connectivity index (χ0n) is 10.8. The number of aromatic nitrogens is 2. The van der Waals surface area contributed by atoms with Gasteiger partial charge in [-0.25, -0.2) is 9.97 Å². The van der Waals surface area contributed by atoms with E-state index in [-0.39, 0.29) is 11.5 Å². The van der Waals surface area contributed by atoms with Crippen LogP contribution in [0.4, 0.5) is 0 Å². The van der Waals surface area contributed by atoms with E-state index in [0.29, 0.717) is 11.6 Å². The fourth-order valence-corrected chi connectivity index (χ4v) is 2.63. The largest absolute Gasteiger partial charge is 0.381 e. The minimum Gasteiger partial charge on any atom is -0.381 e. The molecule has 1 atom stereocenters. The number of ether oxygens (including phenoxy) is 1. The number of nitrogens with zero attached hydrogens (tertiary/aromatic N) is 2. The molecule has 5 heteroatoms. The predicted molar refractivity (Wildman–Crippen MR) is 78.6 cm³/mol. The van der Waals surface area contributed by atoms with Crippen LogP contribution in [-0.2, 0) is 16.6 Å². The highest BCUT2D eigenvalue weighted by Crippen LogP contribution is 2.29. The Hall–Kier alpha value is 0.0600. The topological polar surface area (TPSA) is 35.0 Å². The van der Waals surface area contributed by atoms with E-state index in [1.165, 1.54) is 0 Å². The molecule has 0 N–H and O–H groups in total. The molecule has 17 heavy (non-hydrogen) atoms. The van der Waals surface area contributed by atoms with Crippen molar-refractivity contribution in [1.82, 2.24) is 9.97 Å². The maximum atomic E-state index is 6.15. The van der Waals surface area contributed by atoms with Gasteiger partial charge in [0.15, 0.2) is 0 Å². The average molecular weight is 369 g/mol. The molecule has 1 aromatic rings. The van der Waals surface area contributed by atoms with Crippen LogP contribution in [0.3, 0.4) is 0 Å². The normalized spacial score (nSPS) is 13.8. The third-order valence-electron chi connectivity index (χ3n) is 2.44. The van der Waals surface area contributed by atoms with Crippen molar-refractivity contribution >= 4 is 34.2 Å². The zero-order chi connectivity index (χ0) is 13.2. The van der Waals surface area contributed by atoms with Gasteiger partial charge in [0.2, 0.25) is 0 Å². The molecule has 0 aliphatic carbocycles. The Kier molecular flexibility index (Phi) is 5.16. The Balaban J connectivity index is 3.15. The van der Waals surface area contributed by atoms with Crippen LogP contribution in [0.25, 0.3) is 0 Å². The molecule has 0 amide bonds. The highest BCUT2D eigenvalue weighted by atomic mass is 127. The number of halogens is 2. The molecule has 1 unspecified atom stereocenters. The summed E-state index contributed by atoms with van der Waals surface area (Å²) < 4.78 is 6.16. The lowest BCUT2D eigenvalue weighted by atomic mass is 9.92. The molecular weight excluding hydrogens is 351 g/mol. The van der Waals surface area contributed by atoms with Crippen molar-refractivity contribution in [1.29, 1.82) is 0 Å². The van der Waals surface area contributed by atoms with Gasteiger partial charge < -0.3 is 4.74 Å². The minimum atomic E-state index is -0.0336. The quantitative estimate of drug-likeness (QED) is 0.604. The van der Waals surface area contributed by atoms with Gasteiger partial charge in [-0.3, -0.25) is 0 Å². The van der Waals surface area contributed by atoms with Crippen LogP contribution >= 0.6 is 34.2 Å². The standard InChI is InChI=1S/C12H18ClIN2O/c1-7(17-5)6-8-15-10(12(2,3)4)9(14)11(13)16-8/h7H,6H2,1-5H3. The first-order valence-electron chi connectivity index (χ1n) is 5.51. The van der Waals surface area contributed by atoms with Crippen molar-refractivity contribution in [3.8, 4) is 0 Å². The summed E-state index contributed by atoms with van der Waals surface area (Å²) in [5, 5.41) is 0.531. The first kappa shape index (κ1) is 15.1. The van der Waals surface area contributed by atoms with E-state index >= 15 is 0 Å². The Morgan fingerprint density at radius 1 is 1.35 bits per heavy atom.